The Morgan fingerprint density at radius 1 is 1.64 bits per heavy atom. The van der Waals surface area contributed by atoms with Crippen LogP contribution in [0.1, 0.15) is 6.92 Å². The summed E-state index contributed by atoms with van der Waals surface area (Å²) in [4.78, 5) is 6.15. The molecule has 0 amide bonds. The molecule has 0 saturated carbocycles. The average molecular weight is 195 g/mol. The lowest BCUT2D eigenvalue weighted by molar-refractivity contribution is 0.398. The number of hydrogen-bond acceptors (Lipinski definition) is 4. The van der Waals surface area contributed by atoms with E-state index >= 15 is 0 Å². The lowest BCUT2D eigenvalue weighted by atomic mass is 10.2. The monoisotopic (exact) mass is 195 g/mol. The highest BCUT2D eigenvalue weighted by molar-refractivity contribution is 5.48. The molecule has 4 nitrogen and oxygen atoms in total. The summed E-state index contributed by atoms with van der Waals surface area (Å²) in [7, 11) is 3.62. The van der Waals surface area contributed by atoms with E-state index in [2.05, 4.69) is 16.8 Å². The molecular weight excluding hydrogens is 178 g/mol. The quantitative estimate of drug-likeness (QED) is 0.774. The maximum absolute atomic E-state index is 5.59. The summed E-state index contributed by atoms with van der Waals surface area (Å²) in [5.41, 5.74) is 6.66. The molecule has 0 aliphatic rings. The minimum absolute atomic E-state index is 0.308. The standard InChI is InChI=1S/C10H17N3O/c1-8(7-11)13(2)9-4-5-12-10(6-9)14-3/h4-6,8H,7,11H2,1-3H3. The largest absolute Gasteiger partial charge is 0.481 e. The van der Waals surface area contributed by atoms with Gasteiger partial charge in [0.1, 0.15) is 0 Å². The van der Waals surface area contributed by atoms with Crippen LogP contribution in [0.15, 0.2) is 18.3 Å². The third-order valence-corrected chi connectivity index (χ3v) is 2.34. The molecule has 0 spiro atoms. The fourth-order valence-electron chi connectivity index (χ4n) is 1.14. The Balaban J connectivity index is 2.83. The van der Waals surface area contributed by atoms with Crippen LogP contribution in [0.5, 0.6) is 5.88 Å². The average Bonchev–Trinajstić information content (AvgIpc) is 2.27. The van der Waals surface area contributed by atoms with Crippen LogP contribution in [0.2, 0.25) is 0 Å². The van der Waals surface area contributed by atoms with Crippen molar-refractivity contribution in [2.24, 2.45) is 5.73 Å². The minimum Gasteiger partial charge on any atom is -0.481 e. The highest BCUT2D eigenvalue weighted by Crippen LogP contribution is 2.18. The molecule has 1 unspecified atom stereocenters. The summed E-state index contributed by atoms with van der Waals surface area (Å²) in [5.74, 6) is 0.624. The second-order valence-electron chi connectivity index (χ2n) is 3.25. The first-order chi connectivity index (χ1) is 6.69. The molecule has 1 rings (SSSR count). The zero-order valence-corrected chi connectivity index (χ0v) is 8.90. The Bertz CT molecular complexity index is 290. The molecule has 0 aromatic carbocycles. The van der Waals surface area contributed by atoms with E-state index in [1.165, 1.54) is 0 Å². The van der Waals surface area contributed by atoms with E-state index in [0.717, 1.165) is 5.69 Å². The van der Waals surface area contributed by atoms with E-state index in [-0.39, 0.29) is 0 Å². The lowest BCUT2D eigenvalue weighted by Gasteiger charge is -2.25. The van der Waals surface area contributed by atoms with E-state index in [1.54, 1.807) is 13.3 Å². The number of nitrogens with two attached hydrogens (primary N) is 1. The van der Waals surface area contributed by atoms with Gasteiger partial charge in [0, 0.05) is 37.6 Å². The second kappa shape index (κ2) is 4.81. The van der Waals surface area contributed by atoms with Gasteiger partial charge in [-0.25, -0.2) is 4.98 Å². The predicted octanol–water partition coefficient (Wildman–Crippen LogP) is 0.874. The fourth-order valence-corrected chi connectivity index (χ4v) is 1.14. The van der Waals surface area contributed by atoms with Crippen LogP contribution in [0.3, 0.4) is 0 Å². The van der Waals surface area contributed by atoms with Crippen LogP contribution >= 0.6 is 0 Å². The third kappa shape index (κ3) is 2.35. The van der Waals surface area contributed by atoms with Gasteiger partial charge in [-0.1, -0.05) is 0 Å². The van der Waals surface area contributed by atoms with Crippen molar-refractivity contribution in [3.8, 4) is 5.88 Å². The van der Waals surface area contributed by atoms with Crippen molar-refractivity contribution >= 4 is 5.69 Å². The van der Waals surface area contributed by atoms with Crippen molar-refractivity contribution in [3.63, 3.8) is 0 Å². The van der Waals surface area contributed by atoms with Crippen LogP contribution in [0, 0.1) is 0 Å². The van der Waals surface area contributed by atoms with E-state index in [9.17, 15) is 0 Å². The van der Waals surface area contributed by atoms with Crippen molar-refractivity contribution in [1.29, 1.82) is 0 Å². The normalized spacial score (nSPS) is 12.3. The van der Waals surface area contributed by atoms with Gasteiger partial charge in [0.15, 0.2) is 0 Å². The smallest absolute Gasteiger partial charge is 0.214 e. The molecule has 4 heteroatoms. The number of hydrogen-bond donors (Lipinski definition) is 1. The summed E-state index contributed by atoms with van der Waals surface area (Å²) in [6, 6.07) is 4.14. The van der Waals surface area contributed by atoms with Gasteiger partial charge in [0.25, 0.3) is 0 Å². The van der Waals surface area contributed by atoms with E-state index in [4.69, 9.17) is 10.5 Å². The number of nitrogens with zero attached hydrogens (tertiary/aromatic N) is 2. The topological polar surface area (TPSA) is 51.4 Å². The Hall–Kier alpha value is -1.29. The van der Waals surface area contributed by atoms with Gasteiger partial charge in [-0.05, 0) is 13.0 Å². The van der Waals surface area contributed by atoms with Gasteiger partial charge in [-0.15, -0.1) is 0 Å². The molecular formula is C10H17N3O. The molecule has 1 heterocycles. The van der Waals surface area contributed by atoms with Crippen molar-refractivity contribution in [2.75, 3.05) is 25.6 Å². The van der Waals surface area contributed by atoms with Crippen LogP contribution < -0.4 is 15.4 Å². The molecule has 1 atom stereocenters. The Labute approximate surface area is 84.7 Å². The number of ether oxygens (including phenoxy) is 1. The number of pyridine rings is 1. The molecule has 0 aliphatic carbocycles. The molecule has 0 bridgehead atoms. The van der Waals surface area contributed by atoms with Gasteiger partial charge in [-0.2, -0.15) is 0 Å². The zero-order valence-electron chi connectivity index (χ0n) is 8.90. The number of likely N-dealkylation sites (N-methyl/N-ethyl adjacent to an activating group) is 1. The number of rotatable bonds is 4. The van der Waals surface area contributed by atoms with Crippen molar-refractivity contribution in [1.82, 2.24) is 4.98 Å². The van der Waals surface area contributed by atoms with E-state index in [1.807, 2.05) is 19.2 Å². The van der Waals surface area contributed by atoms with E-state index in [0.29, 0.717) is 18.5 Å². The first-order valence-electron chi connectivity index (χ1n) is 4.62. The molecule has 78 valence electrons. The Morgan fingerprint density at radius 3 is 2.93 bits per heavy atom. The molecule has 0 fully saturated rings. The number of anilines is 1. The summed E-state index contributed by atoms with van der Waals surface area (Å²) in [6.07, 6.45) is 1.73. The van der Waals surface area contributed by atoms with Crippen LogP contribution in [-0.4, -0.2) is 31.7 Å². The first kappa shape index (κ1) is 10.8. The molecule has 1 aromatic heterocycles. The lowest BCUT2D eigenvalue weighted by Crippen LogP contribution is -2.35. The van der Waals surface area contributed by atoms with Crippen molar-refractivity contribution in [2.45, 2.75) is 13.0 Å². The summed E-state index contributed by atoms with van der Waals surface area (Å²) in [5, 5.41) is 0. The van der Waals surface area contributed by atoms with Gasteiger partial charge in [-0.3, -0.25) is 0 Å². The molecule has 0 aliphatic heterocycles. The van der Waals surface area contributed by atoms with Gasteiger partial charge in [0.05, 0.1) is 7.11 Å². The molecule has 14 heavy (non-hydrogen) atoms. The molecule has 1 aromatic rings. The van der Waals surface area contributed by atoms with Gasteiger partial charge < -0.3 is 15.4 Å². The predicted molar refractivity (Wildman–Crippen MR) is 57.7 cm³/mol. The summed E-state index contributed by atoms with van der Waals surface area (Å²) in [6.45, 7) is 2.70. The van der Waals surface area contributed by atoms with Crippen LogP contribution in [0.25, 0.3) is 0 Å². The first-order valence-corrected chi connectivity index (χ1v) is 4.62. The minimum atomic E-state index is 0.308. The SMILES string of the molecule is COc1cc(N(C)C(C)CN)ccn1. The summed E-state index contributed by atoms with van der Waals surface area (Å²) >= 11 is 0. The third-order valence-electron chi connectivity index (χ3n) is 2.34. The zero-order chi connectivity index (χ0) is 10.6. The maximum Gasteiger partial charge on any atom is 0.214 e. The highest BCUT2D eigenvalue weighted by atomic mass is 16.5. The molecule has 0 radical (unpaired) electrons. The fraction of sp³-hybridized carbons (Fsp3) is 0.500. The highest BCUT2D eigenvalue weighted by Gasteiger charge is 2.08. The van der Waals surface area contributed by atoms with E-state index < -0.39 is 0 Å². The van der Waals surface area contributed by atoms with Crippen molar-refractivity contribution in [3.05, 3.63) is 18.3 Å². The molecule has 0 saturated heterocycles. The van der Waals surface area contributed by atoms with Crippen LogP contribution in [-0.2, 0) is 0 Å². The summed E-state index contributed by atoms with van der Waals surface area (Å²) < 4.78 is 5.05. The van der Waals surface area contributed by atoms with Crippen LogP contribution in [0.4, 0.5) is 5.69 Å². The molecule has 2 N–H and O–H groups in total. The van der Waals surface area contributed by atoms with Gasteiger partial charge >= 0.3 is 0 Å². The Kier molecular flexibility index (Phi) is 3.71. The van der Waals surface area contributed by atoms with Crippen molar-refractivity contribution < 1.29 is 4.74 Å². The maximum atomic E-state index is 5.59. The Morgan fingerprint density at radius 2 is 2.36 bits per heavy atom. The number of methoxy groups -OCH3 is 1. The number of aromatic nitrogens is 1. The second-order valence-corrected chi connectivity index (χ2v) is 3.25. The van der Waals surface area contributed by atoms with Gasteiger partial charge in [0.2, 0.25) is 5.88 Å².